The average molecular weight is 392 g/mol. The van der Waals surface area contributed by atoms with E-state index in [2.05, 4.69) is 4.90 Å². The first-order valence-corrected chi connectivity index (χ1v) is 9.73. The molecule has 2 aromatic rings. The summed E-state index contributed by atoms with van der Waals surface area (Å²) in [6.45, 7) is 2.95. The third-order valence-electron chi connectivity index (χ3n) is 5.80. The average Bonchev–Trinajstić information content (AvgIpc) is 3.35. The lowest BCUT2D eigenvalue weighted by Crippen LogP contribution is -2.42. The SMILES string of the molecule is O[C@@H]1C[C@H]2CN(Cc3ccc(Cl)o3)C[C@H]2C[C@H]1Oc1ccc2c(c1)OCO2. The summed E-state index contributed by atoms with van der Waals surface area (Å²) < 4.78 is 22.3. The summed E-state index contributed by atoms with van der Waals surface area (Å²) in [5.41, 5.74) is 0. The minimum atomic E-state index is -0.463. The smallest absolute Gasteiger partial charge is 0.231 e. The van der Waals surface area contributed by atoms with Gasteiger partial charge in [0, 0.05) is 19.2 Å². The van der Waals surface area contributed by atoms with Gasteiger partial charge in [-0.2, -0.15) is 0 Å². The minimum absolute atomic E-state index is 0.204. The van der Waals surface area contributed by atoms with Crippen molar-refractivity contribution in [3.05, 3.63) is 41.3 Å². The number of rotatable bonds is 4. The maximum Gasteiger partial charge on any atom is 0.231 e. The minimum Gasteiger partial charge on any atom is -0.488 e. The molecule has 3 heterocycles. The molecule has 144 valence electrons. The Balaban J connectivity index is 1.22. The number of fused-ring (bicyclic) bond motifs is 2. The lowest BCUT2D eigenvalue weighted by molar-refractivity contribution is -0.0232. The highest BCUT2D eigenvalue weighted by atomic mass is 35.5. The summed E-state index contributed by atoms with van der Waals surface area (Å²) >= 11 is 5.87. The van der Waals surface area contributed by atoms with Crippen LogP contribution in [-0.2, 0) is 6.54 Å². The zero-order valence-corrected chi connectivity index (χ0v) is 15.6. The van der Waals surface area contributed by atoms with Gasteiger partial charge < -0.3 is 23.7 Å². The van der Waals surface area contributed by atoms with Gasteiger partial charge in [0.2, 0.25) is 6.79 Å². The van der Waals surface area contributed by atoms with Gasteiger partial charge in [-0.15, -0.1) is 0 Å². The van der Waals surface area contributed by atoms with E-state index < -0.39 is 6.10 Å². The quantitative estimate of drug-likeness (QED) is 0.862. The Labute approximate surface area is 162 Å². The lowest BCUT2D eigenvalue weighted by atomic mass is 9.78. The molecule has 7 heteroatoms. The van der Waals surface area contributed by atoms with Crippen LogP contribution in [0.4, 0.5) is 0 Å². The molecule has 1 saturated heterocycles. The largest absolute Gasteiger partial charge is 0.488 e. The Morgan fingerprint density at radius 3 is 2.70 bits per heavy atom. The van der Waals surface area contributed by atoms with Crippen LogP contribution in [0, 0.1) is 11.8 Å². The van der Waals surface area contributed by atoms with Crippen molar-refractivity contribution in [2.45, 2.75) is 31.6 Å². The van der Waals surface area contributed by atoms with Crippen LogP contribution in [0.15, 0.2) is 34.7 Å². The van der Waals surface area contributed by atoms with Gasteiger partial charge in [-0.3, -0.25) is 4.90 Å². The summed E-state index contributed by atoms with van der Waals surface area (Å²) in [5, 5.41) is 11.0. The molecule has 2 fully saturated rings. The van der Waals surface area contributed by atoms with Crippen LogP contribution >= 0.6 is 11.6 Å². The number of aliphatic hydroxyl groups excluding tert-OH is 1. The number of benzene rings is 1. The van der Waals surface area contributed by atoms with Crippen molar-refractivity contribution in [3.63, 3.8) is 0 Å². The van der Waals surface area contributed by atoms with Crippen molar-refractivity contribution < 1.29 is 23.7 Å². The van der Waals surface area contributed by atoms with Crippen LogP contribution in [0.5, 0.6) is 17.2 Å². The van der Waals surface area contributed by atoms with Crippen molar-refractivity contribution in [1.29, 1.82) is 0 Å². The summed E-state index contributed by atoms with van der Waals surface area (Å²) in [6, 6.07) is 9.25. The van der Waals surface area contributed by atoms with E-state index >= 15 is 0 Å². The molecule has 4 atom stereocenters. The molecule has 0 bridgehead atoms. The maximum atomic E-state index is 10.6. The predicted octanol–water partition coefficient (Wildman–Crippen LogP) is 3.31. The molecule has 1 saturated carbocycles. The van der Waals surface area contributed by atoms with Crippen molar-refractivity contribution in [2.75, 3.05) is 19.9 Å². The standard InChI is InChI=1S/C20H22ClNO5/c21-20-4-2-15(27-20)10-22-8-12-5-16(23)18(6-13(12)9-22)26-14-1-3-17-19(7-14)25-11-24-17/h1-4,7,12-13,16,18,23H,5-6,8-11H2/t12-,13+,16+,18+/m0/s1. The van der Waals surface area contributed by atoms with Gasteiger partial charge in [0.05, 0.1) is 12.6 Å². The Morgan fingerprint density at radius 1 is 1.07 bits per heavy atom. The molecule has 1 aromatic carbocycles. The highest BCUT2D eigenvalue weighted by molar-refractivity contribution is 6.28. The summed E-state index contributed by atoms with van der Waals surface area (Å²) in [6.07, 6.45) is 0.935. The molecule has 6 nitrogen and oxygen atoms in total. The molecule has 0 unspecified atom stereocenters. The van der Waals surface area contributed by atoms with Crippen LogP contribution in [0.25, 0.3) is 0 Å². The summed E-state index contributed by atoms with van der Waals surface area (Å²) in [5.74, 6) is 4.02. The third kappa shape index (κ3) is 3.49. The fraction of sp³-hybridized carbons (Fsp3) is 0.500. The molecule has 0 spiro atoms. The van der Waals surface area contributed by atoms with Gasteiger partial charge in [0.15, 0.2) is 16.7 Å². The molecular weight excluding hydrogens is 370 g/mol. The topological polar surface area (TPSA) is 64.3 Å². The fourth-order valence-corrected chi connectivity index (χ4v) is 4.69. The van der Waals surface area contributed by atoms with Crippen molar-refractivity contribution in [3.8, 4) is 17.2 Å². The van der Waals surface area contributed by atoms with Crippen LogP contribution < -0.4 is 14.2 Å². The first kappa shape index (κ1) is 17.2. The Bertz CT molecular complexity index is 824. The normalized spacial score (nSPS) is 29.7. The highest BCUT2D eigenvalue weighted by Gasteiger charge is 2.42. The molecule has 1 N–H and O–H groups in total. The number of likely N-dealkylation sites (tertiary alicyclic amines) is 1. The summed E-state index contributed by atoms with van der Waals surface area (Å²) in [7, 11) is 0. The first-order chi connectivity index (χ1) is 13.1. The molecule has 1 aliphatic carbocycles. The highest BCUT2D eigenvalue weighted by Crippen LogP contribution is 2.40. The number of ether oxygens (including phenoxy) is 3. The van der Waals surface area contributed by atoms with E-state index in [1.807, 2.05) is 24.3 Å². The van der Waals surface area contributed by atoms with Crippen LogP contribution in [0.1, 0.15) is 18.6 Å². The van der Waals surface area contributed by atoms with E-state index in [0.717, 1.165) is 44.0 Å². The van der Waals surface area contributed by atoms with Crippen molar-refractivity contribution in [1.82, 2.24) is 4.90 Å². The predicted molar refractivity (Wildman–Crippen MR) is 98.2 cm³/mol. The molecule has 5 rings (SSSR count). The lowest BCUT2D eigenvalue weighted by Gasteiger charge is -2.35. The number of hydrogen-bond donors (Lipinski definition) is 1. The van der Waals surface area contributed by atoms with Crippen molar-refractivity contribution in [2.24, 2.45) is 11.8 Å². The van der Waals surface area contributed by atoms with Gasteiger partial charge >= 0.3 is 0 Å². The third-order valence-corrected chi connectivity index (χ3v) is 6.00. The van der Waals surface area contributed by atoms with E-state index in [4.69, 9.17) is 30.2 Å². The fourth-order valence-electron chi connectivity index (χ4n) is 4.53. The number of hydrogen-bond acceptors (Lipinski definition) is 6. The van der Waals surface area contributed by atoms with Gasteiger partial charge in [0.1, 0.15) is 17.6 Å². The second-order valence-corrected chi connectivity index (χ2v) is 8.00. The van der Waals surface area contributed by atoms with E-state index in [0.29, 0.717) is 28.6 Å². The second kappa shape index (κ2) is 6.93. The Morgan fingerprint density at radius 2 is 1.89 bits per heavy atom. The Hall–Kier alpha value is -1.89. The Kier molecular flexibility index (Phi) is 4.42. The van der Waals surface area contributed by atoms with Crippen LogP contribution in [0.2, 0.25) is 5.22 Å². The van der Waals surface area contributed by atoms with Gasteiger partial charge in [-0.05, 0) is 60.5 Å². The van der Waals surface area contributed by atoms with Crippen LogP contribution in [-0.4, -0.2) is 42.1 Å². The molecule has 0 radical (unpaired) electrons. The van der Waals surface area contributed by atoms with Gasteiger partial charge in [-0.25, -0.2) is 0 Å². The molecule has 3 aliphatic rings. The molecular formula is C20H22ClNO5. The molecule has 0 amide bonds. The first-order valence-electron chi connectivity index (χ1n) is 9.35. The van der Waals surface area contributed by atoms with E-state index in [1.54, 1.807) is 6.07 Å². The monoisotopic (exact) mass is 391 g/mol. The molecule has 27 heavy (non-hydrogen) atoms. The molecule has 1 aromatic heterocycles. The molecule has 2 aliphatic heterocycles. The summed E-state index contributed by atoms with van der Waals surface area (Å²) in [4.78, 5) is 2.38. The van der Waals surface area contributed by atoms with Gasteiger partial charge in [-0.1, -0.05) is 0 Å². The number of nitrogens with zero attached hydrogens (tertiary/aromatic N) is 1. The van der Waals surface area contributed by atoms with Crippen molar-refractivity contribution >= 4 is 11.6 Å². The van der Waals surface area contributed by atoms with E-state index in [1.165, 1.54) is 0 Å². The second-order valence-electron chi connectivity index (χ2n) is 7.63. The number of aliphatic hydroxyl groups is 1. The zero-order chi connectivity index (χ0) is 18.4. The zero-order valence-electron chi connectivity index (χ0n) is 14.8. The number of furan rings is 1. The van der Waals surface area contributed by atoms with Gasteiger partial charge in [0.25, 0.3) is 0 Å². The maximum absolute atomic E-state index is 10.6. The number of halogens is 1. The van der Waals surface area contributed by atoms with E-state index in [-0.39, 0.29) is 12.9 Å². The van der Waals surface area contributed by atoms with Crippen LogP contribution in [0.3, 0.4) is 0 Å². The van der Waals surface area contributed by atoms with E-state index in [9.17, 15) is 5.11 Å².